The lowest BCUT2D eigenvalue weighted by atomic mass is 10.1. The van der Waals surface area contributed by atoms with Crippen LogP contribution in [0.25, 0.3) is 10.1 Å². The van der Waals surface area contributed by atoms with Crippen LogP contribution in [-0.2, 0) is 0 Å². The molecule has 4 rings (SSSR count). The predicted octanol–water partition coefficient (Wildman–Crippen LogP) is 5.45. The van der Waals surface area contributed by atoms with Gasteiger partial charge in [0.15, 0.2) is 0 Å². The maximum Gasteiger partial charge on any atom is 0.272 e. The maximum atomic E-state index is 13.0. The summed E-state index contributed by atoms with van der Waals surface area (Å²) in [5, 5.41) is 9.70. The first-order valence-corrected chi connectivity index (χ1v) is 10.4. The molecule has 31 heavy (non-hydrogen) atoms. The Balaban J connectivity index is 1.46. The lowest BCUT2D eigenvalue weighted by Gasteiger charge is -2.08. The van der Waals surface area contributed by atoms with Gasteiger partial charge in [0, 0.05) is 26.7 Å². The lowest BCUT2D eigenvalue weighted by Crippen LogP contribution is -2.19. The number of hydrogen-bond donors (Lipinski definition) is 2. The van der Waals surface area contributed by atoms with Crippen LogP contribution in [0.3, 0.4) is 0 Å². The third-order valence-electron chi connectivity index (χ3n) is 4.70. The van der Waals surface area contributed by atoms with Crippen LogP contribution in [0.15, 0.2) is 83.3 Å². The quantitative estimate of drug-likeness (QED) is 0.326. The largest absolute Gasteiger partial charge is 0.322 e. The van der Waals surface area contributed by atoms with Crippen LogP contribution in [0.5, 0.6) is 0 Å². The molecule has 5 nitrogen and oxygen atoms in total. The maximum absolute atomic E-state index is 13.0. The summed E-state index contributed by atoms with van der Waals surface area (Å²) in [4.78, 5) is 24.9. The zero-order valence-corrected chi connectivity index (χ0v) is 17.4. The molecule has 0 aliphatic carbocycles. The van der Waals surface area contributed by atoms with Crippen molar-refractivity contribution in [3.05, 3.63) is 101 Å². The van der Waals surface area contributed by atoms with Crippen molar-refractivity contribution in [1.82, 2.24) is 5.43 Å². The molecule has 0 aliphatic heterocycles. The molecule has 1 heterocycles. The average Bonchev–Trinajstić information content (AvgIpc) is 3.22. The van der Waals surface area contributed by atoms with Crippen molar-refractivity contribution >= 4 is 44.6 Å². The molecule has 0 aliphatic rings. The van der Waals surface area contributed by atoms with Crippen molar-refractivity contribution < 1.29 is 14.0 Å². The summed E-state index contributed by atoms with van der Waals surface area (Å²) in [5.74, 6) is -1.02. The molecular formula is C24H18FN3O2S. The van der Waals surface area contributed by atoms with E-state index in [9.17, 15) is 14.0 Å². The molecule has 0 saturated heterocycles. The summed E-state index contributed by atoms with van der Waals surface area (Å²) >= 11 is 1.51. The van der Waals surface area contributed by atoms with Crippen molar-refractivity contribution in [2.45, 2.75) is 6.92 Å². The van der Waals surface area contributed by atoms with Gasteiger partial charge in [-0.05, 0) is 55.0 Å². The molecule has 154 valence electrons. The van der Waals surface area contributed by atoms with Gasteiger partial charge in [0.2, 0.25) is 0 Å². The van der Waals surface area contributed by atoms with E-state index in [-0.39, 0.29) is 11.8 Å². The predicted molar refractivity (Wildman–Crippen MR) is 122 cm³/mol. The van der Waals surface area contributed by atoms with Crippen LogP contribution in [-0.4, -0.2) is 17.5 Å². The fourth-order valence-corrected chi connectivity index (χ4v) is 3.98. The average molecular weight is 431 g/mol. The van der Waals surface area contributed by atoms with E-state index in [2.05, 4.69) is 15.8 Å². The second kappa shape index (κ2) is 8.89. The molecule has 2 N–H and O–H groups in total. The van der Waals surface area contributed by atoms with Crippen LogP contribution in [0.2, 0.25) is 0 Å². The Morgan fingerprint density at radius 3 is 2.48 bits per heavy atom. The number of nitrogens with one attached hydrogen (secondary N) is 2. The monoisotopic (exact) mass is 431 g/mol. The number of hydrazone groups is 1. The Morgan fingerprint density at radius 2 is 1.68 bits per heavy atom. The molecule has 0 fully saturated rings. The van der Waals surface area contributed by atoms with Crippen LogP contribution >= 0.6 is 11.3 Å². The Bertz CT molecular complexity index is 1300. The third kappa shape index (κ3) is 4.67. The van der Waals surface area contributed by atoms with Gasteiger partial charge in [0.1, 0.15) is 5.82 Å². The second-order valence-electron chi connectivity index (χ2n) is 6.83. The summed E-state index contributed by atoms with van der Waals surface area (Å²) in [6.07, 6.45) is 0. The summed E-state index contributed by atoms with van der Waals surface area (Å²) in [6.45, 7) is 1.77. The van der Waals surface area contributed by atoms with E-state index < -0.39 is 5.82 Å². The van der Waals surface area contributed by atoms with Crippen molar-refractivity contribution in [2.24, 2.45) is 5.10 Å². The van der Waals surface area contributed by atoms with E-state index in [0.29, 0.717) is 22.5 Å². The van der Waals surface area contributed by atoms with Crippen LogP contribution in [0, 0.1) is 5.82 Å². The number of fused-ring (bicyclic) bond motifs is 1. The molecular weight excluding hydrogens is 413 g/mol. The van der Waals surface area contributed by atoms with Crippen LogP contribution in [0.1, 0.15) is 33.2 Å². The topological polar surface area (TPSA) is 70.6 Å². The molecule has 0 saturated carbocycles. The van der Waals surface area contributed by atoms with E-state index in [0.717, 1.165) is 15.6 Å². The van der Waals surface area contributed by atoms with Gasteiger partial charge in [0.25, 0.3) is 11.8 Å². The highest BCUT2D eigenvalue weighted by Crippen LogP contribution is 2.25. The van der Waals surface area contributed by atoms with Gasteiger partial charge < -0.3 is 5.32 Å². The van der Waals surface area contributed by atoms with E-state index in [1.807, 2.05) is 35.7 Å². The molecule has 2 amide bonds. The number of thiophene rings is 1. The van der Waals surface area contributed by atoms with Gasteiger partial charge in [-0.1, -0.05) is 30.3 Å². The third-order valence-corrected chi connectivity index (χ3v) is 5.66. The van der Waals surface area contributed by atoms with E-state index in [1.165, 1.54) is 35.6 Å². The number of nitrogens with zero attached hydrogens (tertiary/aromatic N) is 1. The van der Waals surface area contributed by atoms with Gasteiger partial charge in [-0.25, -0.2) is 9.82 Å². The number of hydrogen-bond acceptors (Lipinski definition) is 4. The van der Waals surface area contributed by atoms with Crippen LogP contribution in [0.4, 0.5) is 10.1 Å². The molecule has 0 spiro atoms. The number of halogens is 1. The minimum atomic E-state index is -0.400. The Kier molecular flexibility index (Phi) is 5.86. The van der Waals surface area contributed by atoms with E-state index >= 15 is 0 Å². The molecule has 0 unspecified atom stereocenters. The van der Waals surface area contributed by atoms with Crippen molar-refractivity contribution in [1.29, 1.82) is 0 Å². The molecule has 0 bridgehead atoms. The Labute approximate surface area is 182 Å². The lowest BCUT2D eigenvalue weighted by molar-refractivity contribution is 0.0956. The van der Waals surface area contributed by atoms with Gasteiger partial charge in [-0.3, -0.25) is 9.59 Å². The highest BCUT2D eigenvalue weighted by molar-refractivity contribution is 7.17. The number of amides is 2. The van der Waals surface area contributed by atoms with Crippen molar-refractivity contribution in [3.63, 3.8) is 0 Å². The molecule has 4 aromatic rings. The van der Waals surface area contributed by atoms with E-state index in [1.54, 1.807) is 25.1 Å². The zero-order chi connectivity index (χ0) is 21.8. The smallest absolute Gasteiger partial charge is 0.272 e. The molecule has 0 atom stereocenters. The Morgan fingerprint density at radius 1 is 0.903 bits per heavy atom. The summed E-state index contributed by atoms with van der Waals surface area (Å²) in [7, 11) is 0. The number of carbonyl (C=O) groups excluding carboxylic acids is 2. The standard InChI is InChI=1S/C24H18FN3O2S/c1-15(27-28-24(30)21-14-31-22-8-3-2-7-20(21)22)17-5-4-6-19(13-17)26-23(29)16-9-11-18(25)12-10-16/h2-14H,1H3,(H,26,29)(H,28,30)/b27-15+. The summed E-state index contributed by atoms with van der Waals surface area (Å²) in [6, 6.07) is 20.1. The number of rotatable bonds is 5. The highest BCUT2D eigenvalue weighted by atomic mass is 32.1. The Hall–Kier alpha value is -3.84. The minimum Gasteiger partial charge on any atom is -0.322 e. The fourth-order valence-electron chi connectivity index (χ4n) is 3.04. The molecule has 7 heteroatoms. The zero-order valence-electron chi connectivity index (χ0n) is 16.6. The van der Waals surface area contributed by atoms with Gasteiger partial charge in [0.05, 0.1) is 11.3 Å². The van der Waals surface area contributed by atoms with Crippen molar-refractivity contribution in [3.8, 4) is 0 Å². The minimum absolute atomic E-state index is 0.280. The highest BCUT2D eigenvalue weighted by Gasteiger charge is 2.12. The van der Waals surface area contributed by atoms with Gasteiger partial charge in [-0.2, -0.15) is 5.10 Å². The fraction of sp³-hybridized carbons (Fsp3) is 0.0417. The normalized spacial score (nSPS) is 11.4. The number of anilines is 1. The SMILES string of the molecule is C/C(=N\NC(=O)c1csc2ccccc12)c1cccc(NC(=O)c2ccc(F)cc2)c1. The molecule has 1 aromatic heterocycles. The van der Waals surface area contributed by atoms with Gasteiger partial charge in [-0.15, -0.1) is 11.3 Å². The number of benzene rings is 3. The summed E-state index contributed by atoms with van der Waals surface area (Å²) in [5.41, 5.74) is 5.43. The molecule has 0 radical (unpaired) electrons. The van der Waals surface area contributed by atoms with Crippen molar-refractivity contribution in [2.75, 3.05) is 5.32 Å². The van der Waals surface area contributed by atoms with Gasteiger partial charge >= 0.3 is 0 Å². The molecule has 3 aromatic carbocycles. The first kappa shape index (κ1) is 20.4. The second-order valence-corrected chi connectivity index (χ2v) is 7.74. The van der Waals surface area contributed by atoms with E-state index in [4.69, 9.17) is 0 Å². The summed E-state index contributed by atoms with van der Waals surface area (Å²) < 4.78 is 14.1. The number of carbonyl (C=O) groups is 2. The first-order valence-electron chi connectivity index (χ1n) is 9.49. The first-order chi connectivity index (χ1) is 15.0. The van der Waals surface area contributed by atoms with Crippen LogP contribution < -0.4 is 10.7 Å².